The molecule has 0 saturated heterocycles. The highest BCUT2D eigenvalue weighted by atomic mass is 79.9. The van der Waals surface area contributed by atoms with Gasteiger partial charge in [-0.3, -0.25) is 0 Å². The lowest BCUT2D eigenvalue weighted by Crippen LogP contribution is -2.10. The summed E-state index contributed by atoms with van der Waals surface area (Å²) >= 11 is 6.84. The number of nitrogens with zero attached hydrogens (tertiary/aromatic N) is 1. The number of nitrogens with one attached hydrogen (secondary N) is 1. The topological polar surface area (TPSA) is 77.2 Å². The molecule has 0 spiro atoms. The Labute approximate surface area is 139 Å². The molecular weight excluding hydrogens is 402 g/mol. The third kappa shape index (κ3) is 3.95. The lowest BCUT2D eigenvalue weighted by atomic mass is 10.2. The van der Waals surface area contributed by atoms with E-state index in [1.807, 2.05) is 18.2 Å². The first-order valence-corrected chi connectivity index (χ1v) is 7.74. The maximum Gasteiger partial charge on any atom is 0.341 e. The second-order valence-corrected chi connectivity index (χ2v) is 5.90. The van der Waals surface area contributed by atoms with Gasteiger partial charge in [0.2, 0.25) is 0 Å². The van der Waals surface area contributed by atoms with Crippen LogP contribution >= 0.6 is 31.9 Å². The van der Waals surface area contributed by atoms with Crippen LogP contribution in [0.15, 0.2) is 39.4 Å². The molecule has 0 fully saturated rings. The van der Waals surface area contributed by atoms with Crippen LogP contribution < -0.4 is 11.1 Å². The molecule has 0 saturated carbocycles. The van der Waals surface area contributed by atoms with Crippen molar-refractivity contribution in [3.8, 4) is 0 Å². The molecule has 3 N–H and O–H groups in total. The number of ether oxygens (including phenoxy) is 1. The highest BCUT2D eigenvalue weighted by Gasteiger charge is 2.15. The van der Waals surface area contributed by atoms with Crippen molar-refractivity contribution in [1.82, 2.24) is 4.98 Å². The van der Waals surface area contributed by atoms with Gasteiger partial charge < -0.3 is 15.8 Å². The SMILES string of the molecule is CCOC(=O)c1cc(N)cnc1Nc1ccc(Br)cc1Br. The van der Waals surface area contributed by atoms with Crippen LogP contribution in [0.5, 0.6) is 0 Å². The molecule has 0 aliphatic carbocycles. The van der Waals surface area contributed by atoms with E-state index in [1.165, 1.54) is 6.20 Å². The van der Waals surface area contributed by atoms with Crippen LogP contribution in [0.3, 0.4) is 0 Å². The standard InChI is InChI=1S/C14H13Br2N3O2/c1-2-21-14(20)10-6-9(17)7-18-13(10)19-12-4-3-8(15)5-11(12)16/h3-7H,2,17H2,1H3,(H,18,19). The summed E-state index contributed by atoms with van der Waals surface area (Å²) in [6.45, 7) is 2.03. The molecule has 7 heteroatoms. The van der Waals surface area contributed by atoms with E-state index in [9.17, 15) is 4.79 Å². The molecule has 0 unspecified atom stereocenters. The van der Waals surface area contributed by atoms with Crippen LogP contribution in [0.4, 0.5) is 17.2 Å². The minimum atomic E-state index is -0.465. The number of hydrogen-bond donors (Lipinski definition) is 2. The van der Waals surface area contributed by atoms with Crippen molar-refractivity contribution in [2.75, 3.05) is 17.7 Å². The van der Waals surface area contributed by atoms with Gasteiger partial charge in [0.15, 0.2) is 0 Å². The van der Waals surface area contributed by atoms with Crippen molar-refractivity contribution in [1.29, 1.82) is 0 Å². The summed E-state index contributed by atoms with van der Waals surface area (Å²) in [6, 6.07) is 7.18. The minimum Gasteiger partial charge on any atom is -0.462 e. The van der Waals surface area contributed by atoms with Crippen molar-refractivity contribution in [3.05, 3.63) is 45.0 Å². The van der Waals surface area contributed by atoms with E-state index in [-0.39, 0.29) is 6.61 Å². The zero-order valence-corrected chi connectivity index (χ0v) is 14.4. The highest BCUT2D eigenvalue weighted by Crippen LogP contribution is 2.29. The number of anilines is 3. The number of nitrogen functional groups attached to an aromatic ring is 1. The van der Waals surface area contributed by atoms with E-state index in [1.54, 1.807) is 13.0 Å². The molecule has 5 nitrogen and oxygen atoms in total. The van der Waals surface area contributed by atoms with Crippen LogP contribution in [0.1, 0.15) is 17.3 Å². The van der Waals surface area contributed by atoms with Crippen LogP contribution in [-0.4, -0.2) is 17.6 Å². The smallest absolute Gasteiger partial charge is 0.341 e. The summed E-state index contributed by atoms with van der Waals surface area (Å²) in [5, 5.41) is 3.10. The first-order valence-electron chi connectivity index (χ1n) is 6.16. The number of pyridine rings is 1. The fourth-order valence-electron chi connectivity index (χ4n) is 1.66. The summed E-state index contributed by atoms with van der Waals surface area (Å²) in [5.74, 6) is -0.0706. The maximum atomic E-state index is 12.0. The first kappa shape index (κ1) is 15.8. The summed E-state index contributed by atoms with van der Waals surface area (Å²) in [6.07, 6.45) is 1.48. The number of rotatable bonds is 4. The molecule has 0 aliphatic rings. The lowest BCUT2D eigenvalue weighted by Gasteiger charge is -2.12. The van der Waals surface area contributed by atoms with Crippen LogP contribution in [0, 0.1) is 0 Å². The zero-order chi connectivity index (χ0) is 15.4. The Bertz CT molecular complexity index is 677. The number of carbonyl (C=O) groups excluding carboxylic acids is 1. The number of aromatic nitrogens is 1. The van der Waals surface area contributed by atoms with E-state index in [4.69, 9.17) is 10.5 Å². The number of halogens is 2. The average Bonchev–Trinajstić information content (AvgIpc) is 2.43. The van der Waals surface area contributed by atoms with Crippen molar-refractivity contribution in [2.45, 2.75) is 6.92 Å². The van der Waals surface area contributed by atoms with Gasteiger partial charge in [0.25, 0.3) is 0 Å². The summed E-state index contributed by atoms with van der Waals surface area (Å²) < 4.78 is 6.80. The maximum absolute atomic E-state index is 12.0. The van der Waals surface area contributed by atoms with Crippen LogP contribution in [0.25, 0.3) is 0 Å². The van der Waals surface area contributed by atoms with Crippen LogP contribution in [-0.2, 0) is 4.74 Å². The predicted molar refractivity (Wildman–Crippen MR) is 89.7 cm³/mol. The van der Waals surface area contributed by atoms with Gasteiger partial charge in [0.1, 0.15) is 11.4 Å². The van der Waals surface area contributed by atoms with E-state index >= 15 is 0 Å². The number of esters is 1. The monoisotopic (exact) mass is 413 g/mol. The molecule has 0 amide bonds. The Balaban J connectivity index is 2.37. The van der Waals surface area contributed by atoms with Gasteiger partial charge in [0, 0.05) is 8.95 Å². The van der Waals surface area contributed by atoms with Gasteiger partial charge in [-0.1, -0.05) is 15.9 Å². The van der Waals surface area contributed by atoms with E-state index < -0.39 is 5.97 Å². The summed E-state index contributed by atoms with van der Waals surface area (Å²) in [4.78, 5) is 16.1. The Morgan fingerprint density at radius 2 is 2.14 bits per heavy atom. The Hall–Kier alpha value is -1.60. The highest BCUT2D eigenvalue weighted by molar-refractivity contribution is 9.11. The van der Waals surface area contributed by atoms with Gasteiger partial charge in [-0.05, 0) is 47.1 Å². The molecule has 110 valence electrons. The van der Waals surface area contributed by atoms with Gasteiger partial charge >= 0.3 is 5.97 Å². The van der Waals surface area contributed by atoms with Gasteiger partial charge in [-0.2, -0.15) is 0 Å². The number of benzene rings is 1. The summed E-state index contributed by atoms with van der Waals surface area (Å²) in [5.41, 5.74) is 7.17. The van der Waals surface area contributed by atoms with E-state index in [0.717, 1.165) is 14.6 Å². The molecule has 0 bridgehead atoms. The minimum absolute atomic E-state index is 0.287. The molecule has 21 heavy (non-hydrogen) atoms. The fourth-order valence-corrected chi connectivity index (χ4v) is 2.81. The van der Waals surface area contributed by atoms with Gasteiger partial charge in [0.05, 0.1) is 24.2 Å². The normalized spacial score (nSPS) is 10.2. The Morgan fingerprint density at radius 3 is 2.81 bits per heavy atom. The predicted octanol–water partition coefficient (Wildman–Crippen LogP) is 4.11. The molecule has 0 radical (unpaired) electrons. The van der Waals surface area contributed by atoms with Crippen molar-refractivity contribution in [2.24, 2.45) is 0 Å². The van der Waals surface area contributed by atoms with Crippen molar-refractivity contribution >= 4 is 55.0 Å². The Morgan fingerprint density at radius 1 is 1.38 bits per heavy atom. The third-order valence-electron chi connectivity index (χ3n) is 2.59. The molecule has 0 aliphatic heterocycles. The largest absolute Gasteiger partial charge is 0.462 e. The molecule has 1 aromatic heterocycles. The van der Waals surface area contributed by atoms with Gasteiger partial charge in [-0.15, -0.1) is 0 Å². The second kappa shape index (κ2) is 6.91. The molecule has 1 heterocycles. The van der Waals surface area contributed by atoms with E-state index in [0.29, 0.717) is 17.1 Å². The number of carbonyl (C=O) groups is 1. The van der Waals surface area contributed by atoms with Crippen molar-refractivity contribution in [3.63, 3.8) is 0 Å². The fraction of sp³-hybridized carbons (Fsp3) is 0.143. The summed E-state index contributed by atoms with van der Waals surface area (Å²) in [7, 11) is 0. The first-order chi connectivity index (χ1) is 10.0. The second-order valence-electron chi connectivity index (χ2n) is 4.13. The average molecular weight is 415 g/mol. The Kier molecular flexibility index (Phi) is 5.19. The molecule has 1 aromatic carbocycles. The zero-order valence-electron chi connectivity index (χ0n) is 11.2. The molecule has 0 atom stereocenters. The molecule has 2 aromatic rings. The molecule has 2 rings (SSSR count). The lowest BCUT2D eigenvalue weighted by molar-refractivity contribution is 0.0527. The van der Waals surface area contributed by atoms with Gasteiger partial charge in [-0.25, -0.2) is 9.78 Å². The number of hydrogen-bond acceptors (Lipinski definition) is 5. The number of nitrogens with two attached hydrogens (primary N) is 1. The van der Waals surface area contributed by atoms with Crippen LogP contribution in [0.2, 0.25) is 0 Å². The molecular formula is C14H13Br2N3O2. The third-order valence-corrected chi connectivity index (χ3v) is 3.74. The van der Waals surface area contributed by atoms with Crippen molar-refractivity contribution < 1.29 is 9.53 Å². The van der Waals surface area contributed by atoms with E-state index in [2.05, 4.69) is 42.2 Å². The quantitative estimate of drug-likeness (QED) is 0.736.